The maximum Gasteiger partial charge on any atom is 0.119 e. The highest BCUT2D eigenvalue weighted by Crippen LogP contribution is 2.36. The van der Waals surface area contributed by atoms with Crippen molar-refractivity contribution in [1.82, 2.24) is 0 Å². The lowest BCUT2D eigenvalue weighted by atomic mass is 9.82. The van der Waals surface area contributed by atoms with Crippen LogP contribution in [-0.2, 0) is 0 Å². The molecule has 0 saturated carbocycles. The number of ether oxygens (including phenoxy) is 1. The molecule has 0 heterocycles. The molecule has 0 aromatic heterocycles. The highest BCUT2D eigenvalue weighted by atomic mass is 79.9. The Morgan fingerprint density at radius 2 is 2.06 bits per heavy atom. The fourth-order valence-corrected chi connectivity index (χ4v) is 1.90. The van der Waals surface area contributed by atoms with Crippen molar-refractivity contribution in [2.75, 3.05) is 13.7 Å². The number of nitrogens with two attached hydrogens (primary N) is 1. The SMILES string of the molecule is COc1ccc(Br)c([C@@H](N)C(C)(C)CO)c1.Cl. The summed E-state index contributed by atoms with van der Waals surface area (Å²) in [7, 11) is 1.62. The van der Waals surface area contributed by atoms with Gasteiger partial charge in [0.1, 0.15) is 5.75 Å². The number of rotatable bonds is 4. The van der Waals surface area contributed by atoms with Crippen molar-refractivity contribution >= 4 is 28.3 Å². The van der Waals surface area contributed by atoms with E-state index in [1.165, 1.54) is 0 Å². The maximum atomic E-state index is 9.32. The van der Waals surface area contributed by atoms with Crippen LogP contribution in [0.4, 0.5) is 0 Å². The first-order valence-electron chi connectivity index (χ1n) is 5.12. The highest BCUT2D eigenvalue weighted by Gasteiger charge is 2.28. The van der Waals surface area contributed by atoms with Crippen LogP contribution >= 0.6 is 28.3 Å². The second-order valence-corrected chi connectivity index (χ2v) is 5.37. The lowest BCUT2D eigenvalue weighted by Gasteiger charge is -2.30. The Hall–Kier alpha value is -0.290. The van der Waals surface area contributed by atoms with Crippen LogP contribution in [0.2, 0.25) is 0 Å². The number of benzene rings is 1. The molecule has 0 unspecified atom stereocenters. The largest absolute Gasteiger partial charge is 0.497 e. The fraction of sp³-hybridized carbons (Fsp3) is 0.500. The van der Waals surface area contributed by atoms with E-state index in [0.717, 1.165) is 15.8 Å². The summed E-state index contributed by atoms with van der Waals surface area (Å²) in [5, 5.41) is 9.32. The van der Waals surface area contributed by atoms with Gasteiger partial charge in [-0.3, -0.25) is 0 Å². The molecule has 0 bridgehead atoms. The van der Waals surface area contributed by atoms with Gasteiger partial charge in [-0.15, -0.1) is 12.4 Å². The quantitative estimate of drug-likeness (QED) is 0.895. The maximum absolute atomic E-state index is 9.32. The summed E-state index contributed by atoms with van der Waals surface area (Å²) in [6.45, 7) is 3.91. The molecular formula is C12H19BrClNO2. The molecule has 0 spiro atoms. The molecule has 0 aliphatic carbocycles. The molecule has 17 heavy (non-hydrogen) atoms. The van der Waals surface area contributed by atoms with Gasteiger partial charge in [0.2, 0.25) is 0 Å². The van der Waals surface area contributed by atoms with E-state index in [4.69, 9.17) is 10.5 Å². The van der Waals surface area contributed by atoms with Gasteiger partial charge in [0.15, 0.2) is 0 Å². The second kappa shape index (κ2) is 6.59. The zero-order valence-corrected chi connectivity index (χ0v) is 12.6. The molecule has 0 radical (unpaired) electrons. The van der Waals surface area contributed by atoms with Gasteiger partial charge < -0.3 is 15.6 Å². The molecule has 98 valence electrons. The summed E-state index contributed by atoms with van der Waals surface area (Å²) in [6.07, 6.45) is 0. The van der Waals surface area contributed by atoms with Crippen LogP contribution in [0.1, 0.15) is 25.5 Å². The Morgan fingerprint density at radius 3 is 2.53 bits per heavy atom. The van der Waals surface area contributed by atoms with E-state index in [0.29, 0.717) is 0 Å². The molecule has 5 heteroatoms. The monoisotopic (exact) mass is 323 g/mol. The van der Waals surface area contributed by atoms with Gasteiger partial charge in [-0.05, 0) is 23.8 Å². The van der Waals surface area contributed by atoms with E-state index < -0.39 is 0 Å². The highest BCUT2D eigenvalue weighted by molar-refractivity contribution is 9.10. The third-order valence-electron chi connectivity index (χ3n) is 2.79. The molecule has 3 nitrogen and oxygen atoms in total. The summed E-state index contributed by atoms with van der Waals surface area (Å²) >= 11 is 3.46. The zero-order chi connectivity index (χ0) is 12.3. The van der Waals surface area contributed by atoms with Crippen LogP contribution in [0.5, 0.6) is 5.75 Å². The van der Waals surface area contributed by atoms with Crippen LogP contribution in [0.3, 0.4) is 0 Å². The van der Waals surface area contributed by atoms with E-state index in [2.05, 4.69) is 15.9 Å². The molecule has 1 aromatic rings. The van der Waals surface area contributed by atoms with Crippen molar-refractivity contribution in [3.8, 4) is 5.75 Å². The normalized spacial score (nSPS) is 12.8. The first kappa shape index (κ1) is 16.7. The number of methoxy groups -OCH3 is 1. The average Bonchev–Trinajstić information content (AvgIpc) is 2.29. The third kappa shape index (κ3) is 3.85. The van der Waals surface area contributed by atoms with Crippen molar-refractivity contribution in [3.63, 3.8) is 0 Å². The number of hydrogen-bond acceptors (Lipinski definition) is 3. The van der Waals surface area contributed by atoms with Gasteiger partial charge in [-0.1, -0.05) is 29.8 Å². The predicted molar refractivity (Wildman–Crippen MR) is 75.7 cm³/mol. The molecule has 1 rings (SSSR count). The van der Waals surface area contributed by atoms with Crippen LogP contribution in [-0.4, -0.2) is 18.8 Å². The van der Waals surface area contributed by atoms with Crippen LogP contribution < -0.4 is 10.5 Å². The summed E-state index contributed by atoms with van der Waals surface area (Å²) in [5.41, 5.74) is 6.74. The zero-order valence-electron chi connectivity index (χ0n) is 10.2. The minimum Gasteiger partial charge on any atom is -0.497 e. The number of aliphatic hydroxyl groups is 1. The molecule has 3 N–H and O–H groups in total. The first-order chi connectivity index (χ1) is 7.42. The van der Waals surface area contributed by atoms with Crippen molar-refractivity contribution < 1.29 is 9.84 Å². The lowest BCUT2D eigenvalue weighted by Crippen LogP contribution is -2.32. The fourth-order valence-electron chi connectivity index (χ4n) is 1.41. The summed E-state index contributed by atoms with van der Waals surface area (Å²) in [4.78, 5) is 0. The molecule has 0 saturated heterocycles. The van der Waals surface area contributed by atoms with Crippen molar-refractivity contribution in [3.05, 3.63) is 28.2 Å². The molecule has 0 fully saturated rings. The van der Waals surface area contributed by atoms with Crippen LogP contribution in [0.15, 0.2) is 22.7 Å². The Labute approximate surface area is 117 Å². The van der Waals surface area contributed by atoms with Gasteiger partial charge in [0.05, 0.1) is 7.11 Å². The Morgan fingerprint density at radius 1 is 1.47 bits per heavy atom. The van der Waals surface area contributed by atoms with Gasteiger partial charge in [-0.2, -0.15) is 0 Å². The van der Waals surface area contributed by atoms with E-state index in [-0.39, 0.29) is 30.5 Å². The molecule has 1 atom stereocenters. The van der Waals surface area contributed by atoms with Gasteiger partial charge in [0, 0.05) is 22.5 Å². The molecule has 0 aliphatic heterocycles. The lowest BCUT2D eigenvalue weighted by molar-refractivity contribution is 0.132. The molecular weight excluding hydrogens is 305 g/mol. The van der Waals surface area contributed by atoms with Crippen molar-refractivity contribution in [2.45, 2.75) is 19.9 Å². The van der Waals surface area contributed by atoms with E-state index >= 15 is 0 Å². The average molecular weight is 325 g/mol. The van der Waals surface area contributed by atoms with Gasteiger partial charge in [0.25, 0.3) is 0 Å². The van der Waals surface area contributed by atoms with Crippen molar-refractivity contribution in [2.24, 2.45) is 11.1 Å². The van der Waals surface area contributed by atoms with E-state index in [1.807, 2.05) is 32.0 Å². The molecule has 0 amide bonds. The number of halogens is 2. The molecule has 1 aromatic carbocycles. The minimum absolute atomic E-state index is 0. The van der Waals surface area contributed by atoms with Crippen LogP contribution in [0.25, 0.3) is 0 Å². The Bertz CT molecular complexity index is 372. The van der Waals surface area contributed by atoms with Gasteiger partial charge in [-0.25, -0.2) is 0 Å². The number of hydrogen-bond donors (Lipinski definition) is 2. The Kier molecular flexibility index (Phi) is 6.48. The number of aliphatic hydroxyl groups excluding tert-OH is 1. The second-order valence-electron chi connectivity index (χ2n) is 4.51. The van der Waals surface area contributed by atoms with E-state index in [1.54, 1.807) is 7.11 Å². The minimum atomic E-state index is -0.366. The third-order valence-corrected chi connectivity index (χ3v) is 3.51. The summed E-state index contributed by atoms with van der Waals surface area (Å²) in [6, 6.07) is 5.42. The summed E-state index contributed by atoms with van der Waals surface area (Å²) in [5.74, 6) is 0.766. The van der Waals surface area contributed by atoms with Crippen LogP contribution in [0, 0.1) is 5.41 Å². The van der Waals surface area contributed by atoms with Gasteiger partial charge >= 0.3 is 0 Å². The standard InChI is InChI=1S/C12H18BrNO2.ClH/c1-12(2,7-15)11(14)9-6-8(16-3)4-5-10(9)13;/h4-6,11,15H,7,14H2,1-3H3;1H/t11-;/m1./s1. The van der Waals surface area contributed by atoms with E-state index in [9.17, 15) is 5.11 Å². The molecule has 0 aliphatic rings. The topological polar surface area (TPSA) is 55.5 Å². The predicted octanol–water partition coefficient (Wildman–Crippen LogP) is 2.90. The first-order valence-corrected chi connectivity index (χ1v) is 5.91. The smallest absolute Gasteiger partial charge is 0.119 e. The van der Waals surface area contributed by atoms with Crippen molar-refractivity contribution in [1.29, 1.82) is 0 Å². The summed E-state index contributed by atoms with van der Waals surface area (Å²) < 4.78 is 6.10. The Balaban J connectivity index is 0.00000256.